The molecule has 0 amide bonds. The van der Waals surface area contributed by atoms with Crippen molar-refractivity contribution in [2.24, 2.45) is 5.92 Å². The Labute approximate surface area is 179 Å². The summed E-state index contributed by atoms with van der Waals surface area (Å²) in [4.78, 5) is 26.2. The second-order valence-electron chi connectivity index (χ2n) is 7.85. The lowest BCUT2D eigenvalue weighted by atomic mass is 9.57. The van der Waals surface area contributed by atoms with Gasteiger partial charge in [-0.2, -0.15) is 17.7 Å². The number of thiol groups is 1. The molecule has 3 heterocycles. The Bertz CT molecular complexity index is 965. The molecule has 0 spiro atoms. The molecule has 1 aromatic heterocycles. The van der Waals surface area contributed by atoms with Gasteiger partial charge in [0.1, 0.15) is 11.7 Å². The fourth-order valence-electron chi connectivity index (χ4n) is 5.06. The molecule has 2 aromatic rings. The predicted octanol–water partition coefficient (Wildman–Crippen LogP) is 2.28. The molecule has 0 saturated carbocycles. The Morgan fingerprint density at radius 1 is 1.43 bits per heavy atom. The van der Waals surface area contributed by atoms with E-state index in [1.54, 1.807) is 35.3 Å². The van der Waals surface area contributed by atoms with Gasteiger partial charge in [0, 0.05) is 41.6 Å². The van der Waals surface area contributed by atoms with Gasteiger partial charge in [0.15, 0.2) is 0 Å². The molecule has 4 rings (SSSR count). The standard InChI is InChI=1S/C21H24FN3O4S/c1-29-20(28)19(14-4-2-3-5-16(14)22)21(15-12-24(21)8-6-17(15)30)13-10-23-25(11-13)9-7-18(26)27/h2-5,10-11,15,17,19,30H,6-9,12H2,1H3,(H,26,27). The minimum atomic E-state index is -0.916. The molecule has 2 fully saturated rings. The number of carboxylic acid groups (broad SMARTS) is 1. The highest BCUT2D eigenvalue weighted by Gasteiger charge is 2.65. The van der Waals surface area contributed by atoms with E-state index in [4.69, 9.17) is 22.5 Å². The molecule has 5 atom stereocenters. The number of esters is 1. The van der Waals surface area contributed by atoms with Crippen molar-refractivity contribution in [1.29, 1.82) is 0 Å². The summed E-state index contributed by atoms with van der Waals surface area (Å²) in [5.41, 5.74) is 0.183. The van der Waals surface area contributed by atoms with Crippen molar-refractivity contribution in [2.45, 2.75) is 36.1 Å². The number of piperidine rings is 2. The Hall–Kier alpha value is -2.39. The van der Waals surface area contributed by atoms with Gasteiger partial charge in [0.2, 0.25) is 0 Å². The summed E-state index contributed by atoms with van der Waals surface area (Å²) in [7, 11) is 1.31. The van der Waals surface area contributed by atoms with Crippen molar-refractivity contribution in [2.75, 3.05) is 20.2 Å². The van der Waals surface area contributed by atoms with E-state index in [2.05, 4.69) is 10.00 Å². The number of benzene rings is 1. The van der Waals surface area contributed by atoms with Gasteiger partial charge in [-0.25, -0.2) is 4.39 Å². The number of methoxy groups -OCH3 is 1. The number of aliphatic carboxylic acids is 1. The number of aromatic nitrogens is 2. The number of rotatable bonds is 7. The number of ether oxygens (including phenoxy) is 1. The molecular weight excluding hydrogens is 409 g/mol. The van der Waals surface area contributed by atoms with Crippen molar-refractivity contribution in [3.05, 3.63) is 53.6 Å². The molecule has 30 heavy (non-hydrogen) atoms. The molecule has 2 saturated heterocycles. The van der Waals surface area contributed by atoms with Crippen LogP contribution in [-0.2, 0) is 26.4 Å². The van der Waals surface area contributed by atoms with Crippen LogP contribution in [0.2, 0.25) is 0 Å². The highest BCUT2D eigenvalue weighted by Crippen LogP contribution is 2.59. The summed E-state index contributed by atoms with van der Waals surface area (Å²) in [6, 6.07) is 6.26. The van der Waals surface area contributed by atoms with Crippen LogP contribution in [0.15, 0.2) is 36.7 Å². The largest absolute Gasteiger partial charge is 0.481 e. The van der Waals surface area contributed by atoms with Crippen LogP contribution in [0.5, 0.6) is 0 Å². The maximum Gasteiger partial charge on any atom is 0.315 e. The molecule has 2 aliphatic heterocycles. The van der Waals surface area contributed by atoms with E-state index in [1.807, 2.05) is 0 Å². The van der Waals surface area contributed by atoms with Crippen molar-refractivity contribution in [1.82, 2.24) is 14.7 Å². The number of nitrogens with zero attached hydrogens (tertiary/aromatic N) is 3. The maximum atomic E-state index is 14.9. The van der Waals surface area contributed by atoms with Gasteiger partial charge in [-0.15, -0.1) is 0 Å². The zero-order valence-electron chi connectivity index (χ0n) is 16.6. The van der Waals surface area contributed by atoms with Gasteiger partial charge in [0.25, 0.3) is 0 Å². The lowest BCUT2D eigenvalue weighted by Gasteiger charge is -2.66. The van der Waals surface area contributed by atoms with Crippen LogP contribution in [0.4, 0.5) is 4.39 Å². The number of hydrogen-bond acceptors (Lipinski definition) is 6. The van der Waals surface area contributed by atoms with E-state index < -0.39 is 29.2 Å². The quantitative estimate of drug-likeness (QED) is 0.515. The average Bonchev–Trinajstić information content (AvgIpc) is 3.19. The second kappa shape index (κ2) is 8.03. The Morgan fingerprint density at radius 2 is 2.20 bits per heavy atom. The molecule has 2 bridgehead atoms. The predicted molar refractivity (Wildman–Crippen MR) is 110 cm³/mol. The van der Waals surface area contributed by atoms with Gasteiger partial charge in [-0.1, -0.05) is 18.2 Å². The van der Waals surface area contributed by atoms with Crippen LogP contribution >= 0.6 is 12.6 Å². The Morgan fingerprint density at radius 3 is 2.83 bits per heavy atom. The average molecular weight is 434 g/mol. The number of carboxylic acids is 1. The summed E-state index contributed by atoms with van der Waals surface area (Å²) in [5.74, 6) is -2.80. The first-order chi connectivity index (χ1) is 14.4. The van der Waals surface area contributed by atoms with Gasteiger partial charge >= 0.3 is 11.9 Å². The summed E-state index contributed by atoms with van der Waals surface area (Å²) in [5, 5.41) is 13.3. The molecule has 5 unspecified atom stereocenters. The fraction of sp³-hybridized carbons (Fsp3) is 0.476. The molecule has 160 valence electrons. The van der Waals surface area contributed by atoms with Crippen molar-refractivity contribution >= 4 is 24.6 Å². The van der Waals surface area contributed by atoms with E-state index >= 15 is 0 Å². The van der Waals surface area contributed by atoms with E-state index in [0.717, 1.165) is 18.5 Å². The lowest BCUT2D eigenvalue weighted by molar-refractivity contribution is -0.170. The second-order valence-corrected chi connectivity index (χ2v) is 8.51. The third-order valence-electron chi connectivity index (χ3n) is 6.41. The molecule has 9 heteroatoms. The normalized spacial score (nSPS) is 28.4. The Kier molecular flexibility index (Phi) is 5.59. The van der Waals surface area contributed by atoms with Gasteiger partial charge in [0.05, 0.1) is 31.8 Å². The third-order valence-corrected chi connectivity index (χ3v) is 7.03. The SMILES string of the molecule is COC(=O)C(c1ccccc1F)C1(c2cnn(CCC(=O)O)c2)C2CN1CCC2S. The lowest BCUT2D eigenvalue weighted by Crippen LogP contribution is -2.74. The van der Waals surface area contributed by atoms with Crippen LogP contribution in [0, 0.1) is 11.7 Å². The molecule has 7 nitrogen and oxygen atoms in total. The summed E-state index contributed by atoms with van der Waals surface area (Å²) in [6.45, 7) is 1.67. The first kappa shape index (κ1) is 20.9. The van der Waals surface area contributed by atoms with E-state index in [1.165, 1.54) is 13.2 Å². The highest BCUT2D eigenvalue weighted by molar-refractivity contribution is 7.81. The minimum Gasteiger partial charge on any atom is -0.481 e. The van der Waals surface area contributed by atoms with Crippen LogP contribution in [0.3, 0.4) is 0 Å². The molecule has 1 N–H and O–H groups in total. The summed E-state index contributed by atoms with van der Waals surface area (Å²) < 4.78 is 21.6. The van der Waals surface area contributed by atoms with E-state index in [9.17, 15) is 14.0 Å². The van der Waals surface area contributed by atoms with Crippen LogP contribution in [0.25, 0.3) is 0 Å². The minimum absolute atomic E-state index is 0.00425. The first-order valence-electron chi connectivity index (χ1n) is 9.89. The number of halogens is 1. The fourth-order valence-corrected chi connectivity index (χ4v) is 5.50. The monoisotopic (exact) mass is 433 g/mol. The van der Waals surface area contributed by atoms with Gasteiger partial charge in [-0.05, 0) is 12.5 Å². The molecule has 1 aromatic carbocycles. The Balaban J connectivity index is 1.85. The summed E-state index contributed by atoms with van der Waals surface area (Å²) >= 11 is 4.79. The van der Waals surface area contributed by atoms with Crippen LogP contribution in [-0.4, -0.2) is 57.2 Å². The smallest absolute Gasteiger partial charge is 0.315 e. The first-order valence-corrected chi connectivity index (χ1v) is 10.4. The maximum absolute atomic E-state index is 14.9. The topological polar surface area (TPSA) is 84.7 Å². The number of carbonyl (C=O) groups excluding carboxylic acids is 1. The zero-order chi connectivity index (χ0) is 21.5. The zero-order valence-corrected chi connectivity index (χ0v) is 17.5. The highest BCUT2D eigenvalue weighted by atomic mass is 32.1. The number of fused-ring (bicyclic) bond motifs is 2. The van der Waals surface area contributed by atoms with E-state index in [-0.39, 0.29) is 29.7 Å². The van der Waals surface area contributed by atoms with Crippen molar-refractivity contribution < 1.29 is 23.8 Å². The van der Waals surface area contributed by atoms with Crippen molar-refractivity contribution in [3.63, 3.8) is 0 Å². The van der Waals surface area contributed by atoms with Crippen molar-refractivity contribution in [3.8, 4) is 0 Å². The number of aryl methyl sites for hydroxylation is 1. The summed E-state index contributed by atoms with van der Waals surface area (Å²) in [6.07, 6.45) is 4.23. The number of carbonyl (C=O) groups is 2. The molecule has 2 aliphatic rings. The molecule has 0 radical (unpaired) electrons. The van der Waals surface area contributed by atoms with Crippen LogP contribution < -0.4 is 0 Å². The molecule has 0 aliphatic carbocycles. The number of hydrogen-bond donors (Lipinski definition) is 2. The molecular formula is C21H24FN3O4S. The van der Waals surface area contributed by atoms with E-state index in [0.29, 0.717) is 6.54 Å². The van der Waals surface area contributed by atoms with Gasteiger partial charge < -0.3 is 9.84 Å². The van der Waals surface area contributed by atoms with Gasteiger partial charge in [-0.3, -0.25) is 19.2 Å². The van der Waals surface area contributed by atoms with Crippen LogP contribution in [0.1, 0.15) is 29.9 Å². The third kappa shape index (κ3) is 3.20.